The summed E-state index contributed by atoms with van der Waals surface area (Å²) in [5.41, 5.74) is 0. The summed E-state index contributed by atoms with van der Waals surface area (Å²) in [6.45, 7) is 4.62. The quantitative estimate of drug-likeness (QED) is 0.534. The molecule has 1 nitrogen and oxygen atoms in total. The number of piperidine rings is 1. The van der Waals surface area contributed by atoms with Gasteiger partial charge in [0.25, 0.3) is 0 Å². The minimum Gasteiger partial charge on any atom is -0.295 e. The molecule has 0 saturated carbocycles. The molecule has 2 rings (SSSR count). The van der Waals surface area contributed by atoms with Crippen molar-refractivity contribution < 1.29 is 0 Å². The lowest BCUT2D eigenvalue weighted by molar-refractivity contribution is 0.105. The van der Waals surface area contributed by atoms with Crippen molar-refractivity contribution in [2.75, 3.05) is 0 Å². The van der Waals surface area contributed by atoms with Crippen LogP contribution in [0.4, 0.5) is 0 Å². The van der Waals surface area contributed by atoms with Crippen molar-refractivity contribution in [1.82, 2.24) is 4.90 Å². The predicted molar refractivity (Wildman–Crippen MR) is 52.5 cm³/mol. The molecule has 0 aromatic carbocycles. The minimum atomic E-state index is 0.484. The highest BCUT2D eigenvalue weighted by Gasteiger charge is 2.39. The van der Waals surface area contributed by atoms with Gasteiger partial charge in [-0.1, -0.05) is 5.82 Å². The first-order valence-corrected chi connectivity index (χ1v) is 5.21. The summed E-state index contributed by atoms with van der Waals surface area (Å²) >= 11 is 0. The van der Waals surface area contributed by atoms with Crippen LogP contribution < -0.4 is 0 Å². The summed E-state index contributed by atoms with van der Waals surface area (Å²) in [5, 5.41) is 0. The molecule has 0 aliphatic carbocycles. The van der Waals surface area contributed by atoms with Crippen molar-refractivity contribution in [3.8, 4) is 0 Å². The molecule has 0 aromatic rings. The lowest BCUT2D eigenvalue weighted by Crippen LogP contribution is -2.45. The third-order valence-electron chi connectivity index (χ3n) is 3.42. The fourth-order valence-corrected chi connectivity index (χ4v) is 3.10. The third kappa shape index (κ3) is 1.30. The van der Waals surface area contributed by atoms with Crippen LogP contribution in [0.2, 0.25) is 5.82 Å². The summed E-state index contributed by atoms with van der Waals surface area (Å²) < 4.78 is 0. The van der Waals surface area contributed by atoms with Crippen molar-refractivity contribution in [2.24, 2.45) is 0 Å². The van der Waals surface area contributed by atoms with Gasteiger partial charge in [0.2, 0.25) is 0 Å². The van der Waals surface area contributed by atoms with E-state index in [2.05, 4.69) is 18.7 Å². The van der Waals surface area contributed by atoms with Crippen LogP contribution in [0.1, 0.15) is 39.5 Å². The Morgan fingerprint density at radius 3 is 2.08 bits per heavy atom. The second-order valence-corrected chi connectivity index (χ2v) is 4.66. The van der Waals surface area contributed by atoms with Gasteiger partial charge in [0.1, 0.15) is 0 Å². The standard InChI is InChI=1S/C10H18BN/c1-7(2)12-9-3-4-10(12)6-8(11)5-9/h7-10H,3-6H2,1-2H3. The number of nitrogens with zero attached hydrogens (tertiary/aromatic N) is 1. The third-order valence-corrected chi connectivity index (χ3v) is 3.42. The highest BCUT2D eigenvalue weighted by molar-refractivity contribution is 6.11. The van der Waals surface area contributed by atoms with E-state index in [4.69, 9.17) is 7.85 Å². The van der Waals surface area contributed by atoms with Crippen molar-refractivity contribution in [2.45, 2.75) is 63.5 Å². The molecule has 2 atom stereocenters. The predicted octanol–water partition coefficient (Wildman–Crippen LogP) is 1.98. The van der Waals surface area contributed by atoms with Gasteiger partial charge in [-0.2, -0.15) is 0 Å². The topological polar surface area (TPSA) is 3.24 Å². The van der Waals surface area contributed by atoms with Gasteiger partial charge in [0, 0.05) is 18.1 Å². The molecule has 66 valence electrons. The highest BCUT2D eigenvalue weighted by atomic mass is 15.2. The average molecular weight is 163 g/mol. The smallest absolute Gasteiger partial charge is 0.0701 e. The molecule has 0 spiro atoms. The summed E-state index contributed by atoms with van der Waals surface area (Å²) in [5.74, 6) is 0.484. The highest BCUT2D eigenvalue weighted by Crippen LogP contribution is 2.40. The van der Waals surface area contributed by atoms with Gasteiger partial charge in [-0.3, -0.25) is 4.90 Å². The Bertz CT molecular complexity index is 155. The molecule has 2 heteroatoms. The second-order valence-electron chi connectivity index (χ2n) is 4.66. The van der Waals surface area contributed by atoms with Gasteiger partial charge in [0.05, 0.1) is 7.85 Å². The first-order valence-electron chi connectivity index (χ1n) is 5.21. The van der Waals surface area contributed by atoms with Crippen molar-refractivity contribution in [3.63, 3.8) is 0 Å². The zero-order chi connectivity index (χ0) is 8.72. The van der Waals surface area contributed by atoms with E-state index in [1.165, 1.54) is 25.7 Å². The lowest BCUT2D eigenvalue weighted by Gasteiger charge is -2.40. The molecule has 0 amide bonds. The largest absolute Gasteiger partial charge is 0.295 e. The zero-order valence-corrected chi connectivity index (χ0v) is 8.16. The maximum absolute atomic E-state index is 5.99. The normalized spacial score (nSPS) is 42.4. The maximum atomic E-state index is 5.99. The average Bonchev–Trinajstić information content (AvgIpc) is 2.24. The lowest BCUT2D eigenvalue weighted by atomic mass is 9.76. The van der Waals surface area contributed by atoms with Crippen LogP contribution in [0.3, 0.4) is 0 Å². The molecule has 2 radical (unpaired) electrons. The number of hydrogen-bond acceptors (Lipinski definition) is 1. The Labute approximate surface area is 76.9 Å². The van der Waals surface area contributed by atoms with E-state index in [0.29, 0.717) is 5.82 Å². The van der Waals surface area contributed by atoms with E-state index in [-0.39, 0.29) is 0 Å². The minimum absolute atomic E-state index is 0.484. The summed E-state index contributed by atoms with van der Waals surface area (Å²) in [4.78, 5) is 2.68. The van der Waals surface area contributed by atoms with E-state index in [1.807, 2.05) is 0 Å². The molecule has 2 aliphatic rings. The molecular weight excluding hydrogens is 145 g/mol. The zero-order valence-electron chi connectivity index (χ0n) is 8.16. The number of hydrogen-bond donors (Lipinski definition) is 0. The fraction of sp³-hybridized carbons (Fsp3) is 1.00. The van der Waals surface area contributed by atoms with E-state index >= 15 is 0 Å². The second kappa shape index (κ2) is 3.06. The molecular formula is C10H18BN. The first kappa shape index (κ1) is 8.62. The van der Waals surface area contributed by atoms with E-state index in [1.54, 1.807) is 0 Å². The molecule has 0 aromatic heterocycles. The van der Waals surface area contributed by atoms with Gasteiger partial charge in [0.15, 0.2) is 0 Å². The van der Waals surface area contributed by atoms with Crippen LogP contribution in [0.5, 0.6) is 0 Å². The molecule has 12 heavy (non-hydrogen) atoms. The molecule has 2 aliphatic heterocycles. The summed E-state index contributed by atoms with van der Waals surface area (Å²) in [6.07, 6.45) is 5.23. The van der Waals surface area contributed by atoms with E-state index < -0.39 is 0 Å². The Balaban J connectivity index is 2.09. The van der Waals surface area contributed by atoms with E-state index in [0.717, 1.165) is 18.1 Å². The van der Waals surface area contributed by atoms with Gasteiger partial charge < -0.3 is 0 Å². The molecule has 2 fully saturated rings. The Morgan fingerprint density at radius 1 is 1.17 bits per heavy atom. The fourth-order valence-electron chi connectivity index (χ4n) is 3.10. The van der Waals surface area contributed by atoms with Gasteiger partial charge in [-0.25, -0.2) is 0 Å². The molecule has 0 N–H and O–H groups in total. The van der Waals surface area contributed by atoms with Gasteiger partial charge in [-0.15, -0.1) is 0 Å². The number of fused-ring (bicyclic) bond motifs is 2. The summed E-state index contributed by atoms with van der Waals surface area (Å²) in [6, 6.07) is 2.33. The maximum Gasteiger partial charge on any atom is 0.0701 e. The van der Waals surface area contributed by atoms with Crippen LogP contribution >= 0.6 is 0 Å². The van der Waals surface area contributed by atoms with Crippen molar-refractivity contribution in [1.29, 1.82) is 0 Å². The Hall–Kier alpha value is 0.0249. The van der Waals surface area contributed by atoms with Crippen LogP contribution in [0.25, 0.3) is 0 Å². The summed E-state index contributed by atoms with van der Waals surface area (Å²) in [7, 11) is 5.99. The molecule has 2 saturated heterocycles. The van der Waals surface area contributed by atoms with Crippen molar-refractivity contribution in [3.05, 3.63) is 0 Å². The van der Waals surface area contributed by atoms with Crippen LogP contribution in [0.15, 0.2) is 0 Å². The van der Waals surface area contributed by atoms with Crippen LogP contribution in [0, 0.1) is 0 Å². The van der Waals surface area contributed by atoms with E-state index in [9.17, 15) is 0 Å². The molecule has 2 unspecified atom stereocenters. The first-order chi connectivity index (χ1) is 5.68. The van der Waals surface area contributed by atoms with Crippen LogP contribution in [-0.4, -0.2) is 30.9 Å². The van der Waals surface area contributed by atoms with Crippen molar-refractivity contribution >= 4 is 7.85 Å². The SMILES string of the molecule is [B]C1CC2CCC(C1)N2C(C)C. The monoisotopic (exact) mass is 163 g/mol. The van der Waals surface area contributed by atoms with Crippen LogP contribution in [-0.2, 0) is 0 Å². The Morgan fingerprint density at radius 2 is 1.67 bits per heavy atom. The van der Waals surface area contributed by atoms with Gasteiger partial charge >= 0.3 is 0 Å². The Kier molecular flexibility index (Phi) is 2.20. The number of rotatable bonds is 1. The van der Waals surface area contributed by atoms with Gasteiger partial charge in [-0.05, 0) is 39.5 Å². The molecule has 2 heterocycles. The molecule has 2 bridgehead atoms.